The number of carbonyl (C=O) groups is 1. The molecular weight excluding hydrogens is 318 g/mol. The van der Waals surface area contributed by atoms with Crippen LogP contribution in [0.4, 0.5) is 10.8 Å². The Bertz CT molecular complexity index is 812. The van der Waals surface area contributed by atoms with Crippen molar-refractivity contribution in [2.75, 3.05) is 11.1 Å². The molecule has 0 bridgehead atoms. The molecule has 6 nitrogen and oxygen atoms in total. The molecule has 2 heterocycles. The summed E-state index contributed by atoms with van der Waals surface area (Å²) in [4.78, 5) is 16.7. The number of fused-ring (bicyclic) bond motifs is 1. The molecule has 0 saturated carbocycles. The molecule has 0 atom stereocenters. The van der Waals surface area contributed by atoms with E-state index in [1.165, 1.54) is 0 Å². The highest BCUT2D eigenvalue weighted by molar-refractivity contribution is 7.17. The van der Waals surface area contributed by atoms with E-state index in [-0.39, 0.29) is 5.91 Å². The van der Waals surface area contributed by atoms with Crippen LogP contribution in [0.1, 0.15) is 15.4 Å². The lowest BCUT2D eigenvalue weighted by atomic mass is 10.2. The number of hydrogen-bond donors (Lipinski definition) is 2. The van der Waals surface area contributed by atoms with Crippen molar-refractivity contribution in [3.63, 3.8) is 0 Å². The van der Waals surface area contributed by atoms with Crippen LogP contribution in [-0.4, -0.2) is 19.6 Å². The Morgan fingerprint density at radius 1 is 1.40 bits per heavy atom. The van der Waals surface area contributed by atoms with E-state index >= 15 is 0 Å². The average molecular weight is 326 g/mol. The smallest absolute Gasteiger partial charge is 0.267 e. The van der Waals surface area contributed by atoms with Crippen LogP contribution in [-0.2, 0) is 0 Å². The second kappa shape index (κ2) is 4.97. The lowest BCUT2D eigenvalue weighted by molar-refractivity contribution is 0.103. The second-order valence-electron chi connectivity index (χ2n) is 3.98. The molecule has 2 aromatic heterocycles. The van der Waals surface area contributed by atoms with Crippen molar-refractivity contribution in [1.29, 1.82) is 0 Å². The van der Waals surface area contributed by atoms with E-state index in [9.17, 15) is 4.79 Å². The van der Waals surface area contributed by atoms with Crippen molar-refractivity contribution in [2.45, 2.75) is 6.92 Å². The van der Waals surface area contributed by atoms with Crippen molar-refractivity contribution < 1.29 is 4.79 Å². The molecule has 1 aromatic carbocycles. The van der Waals surface area contributed by atoms with Gasteiger partial charge in [-0.1, -0.05) is 22.9 Å². The Hall–Kier alpha value is -1.77. The van der Waals surface area contributed by atoms with Gasteiger partial charge < -0.3 is 11.1 Å². The van der Waals surface area contributed by atoms with Crippen LogP contribution in [0.3, 0.4) is 0 Å². The van der Waals surface area contributed by atoms with E-state index in [1.54, 1.807) is 19.1 Å². The second-order valence-corrected chi connectivity index (χ2v) is 5.94. The van der Waals surface area contributed by atoms with Gasteiger partial charge >= 0.3 is 0 Å². The lowest BCUT2D eigenvalue weighted by Gasteiger charge is -2.06. The average Bonchev–Trinajstić information content (AvgIpc) is 2.99. The molecule has 0 aliphatic rings. The van der Waals surface area contributed by atoms with E-state index in [1.807, 2.05) is 0 Å². The van der Waals surface area contributed by atoms with Gasteiger partial charge in [-0.25, -0.2) is 4.98 Å². The number of nitrogen functional groups attached to an aromatic ring is 1. The summed E-state index contributed by atoms with van der Waals surface area (Å²) in [6.45, 7) is 1.73. The van der Waals surface area contributed by atoms with E-state index < -0.39 is 0 Å². The minimum atomic E-state index is -0.306. The molecule has 0 fully saturated rings. The number of nitrogens with one attached hydrogen (secondary N) is 1. The van der Waals surface area contributed by atoms with Crippen molar-refractivity contribution in [3.05, 3.63) is 27.7 Å². The van der Waals surface area contributed by atoms with Crippen LogP contribution < -0.4 is 11.1 Å². The molecule has 3 rings (SSSR count). The summed E-state index contributed by atoms with van der Waals surface area (Å²) in [5.74, 6) is -0.306. The molecule has 9 heteroatoms. The van der Waals surface area contributed by atoms with Crippen molar-refractivity contribution in [1.82, 2.24) is 13.7 Å². The molecule has 3 N–H and O–H groups in total. The number of halogens is 1. The number of carbonyl (C=O) groups excluding carboxylic acids is 1. The fourth-order valence-corrected chi connectivity index (χ4v) is 3.22. The molecule has 0 spiro atoms. The Labute approximate surface area is 126 Å². The van der Waals surface area contributed by atoms with Gasteiger partial charge in [0.15, 0.2) is 5.13 Å². The number of benzene rings is 1. The van der Waals surface area contributed by atoms with Crippen LogP contribution in [0, 0.1) is 6.92 Å². The van der Waals surface area contributed by atoms with Gasteiger partial charge in [0, 0.05) is 0 Å². The van der Waals surface area contributed by atoms with Crippen molar-refractivity contribution >= 4 is 62.4 Å². The largest absolute Gasteiger partial charge is 0.375 e. The minimum Gasteiger partial charge on any atom is -0.375 e. The van der Waals surface area contributed by atoms with Gasteiger partial charge in [0.05, 0.1) is 28.1 Å². The summed E-state index contributed by atoms with van der Waals surface area (Å²) >= 11 is 8.32. The van der Waals surface area contributed by atoms with Gasteiger partial charge in [0.1, 0.15) is 15.9 Å². The molecule has 3 aromatic rings. The van der Waals surface area contributed by atoms with E-state index in [0.29, 0.717) is 37.4 Å². The number of amides is 1. The SMILES string of the molecule is Cc1nc(N)sc1C(=O)Nc1c(Cl)ccc2nsnc12. The summed E-state index contributed by atoms with van der Waals surface area (Å²) < 4.78 is 8.26. The zero-order valence-electron chi connectivity index (χ0n) is 10.2. The summed E-state index contributed by atoms with van der Waals surface area (Å²) in [7, 11) is 0. The number of hydrogen-bond acceptors (Lipinski definition) is 7. The maximum Gasteiger partial charge on any atom is 0.267 e. The zero-order chi connectivity index (χ0) is 14.3. The molecule has 102 valence electrons. The Morgan fingerprint density at radius 3 is 2.90 bits per heavy atom. The summed E-state index contributed by atoms with van der Waals surface area (Å²) in [6, 6.07) is 3.43. The van der Waals surface area contributed by atoms with Gasteiger partial charge in [-0.2, -0.15) is 8.75 Å². The predicted molar refractivity (Wildman–Crippen MR) is 81.6 cm³/mol. The quantitative estimate of drug-likeness (QED) is 0.755. The molecule has 0 aliphatic heterocycles. The van der Waals surface area contributed by atoms with Crippen molar-refractivity contribution in [3.8, 4) is 0 Å². The van der Waals surface area contributed by atoms with E-state index in [0.717, 1.165) is 23.1 Å². The van der Waals surface area contributed by atoms with Gasteiger partial charge in [-0.05, 0) is 19.1 Å². The number of nitrogens with zero attached hydrogens (tertiary/aromatic N) is 3. The monoisotopic (exact) mass is 325 g/mol. The summed E-state index contributed by atoms with van der Waals surface area (Å²) in [6.07, 6.45) is 0. The number of thiazole rings is 1. The van der Waals surface area contributed by atoms with Crippen LogP contribution in [0.2, 0.25) is 5.02 Å². The Morgan fingerprint density at radius 2 is 2.20 bits per heavy atom. The van der Waals surface area contributed by atoms with E-state index in [4.69, 9.17) is 17.3 Å². The van der Waals surface area contributed by atoms with Gasteiger partial charge in [-0.15, -0.1) is 0 Å². The van der Waals surface area contributed by atoms with Crippen molar-refractivity contribution in [2.24, 2.45) is 0 Å². The first-order valence-electron chi connectivity index (χ1n) is 5.51. The molecule has 0 saturated heterocycles. The molecule has 0 aliphatic carbocycles. The topological polar surface area (TPSA) is 93.8 Å². The number of aryl methyl sites for hydroxylation is 1. The molecule has 20 heavy (non-hydrogen) atoms. The fourth-order valence-electron chi connectivity index (χ4n) is 1.74. The molecule has 1 amide bonds. The number of aromatic nitrogens is 3. The third-order valence-corrected chi connectivity index (χ3v) is 4.48. The Kier molecular flexibility index (Phi) is 3.28. The normalized spacial score (nSPS) is 10.9. The highest BCUT2D eigenvalue weighted by atomic mass is 35.5. The number of nitrogens with two attached hydrogens (primary N) is 1. The maximum absolute atomic E-state index is 12.3. The molecular formula is C11H8ClN5OS2. The first-order chi connectivity index (χ1) is 9.56. The lowest BCUT2D eigenvalue weighted by Crippen LogP contribution is -2.12. The zero-order valence-corrected chi connectivity index (χ0v) is 12.6. The minimum absolute atomic E-state index is 0.306. The first kappa shape index (κ1) is 13.2. The third kappa shape index (κ3) is 2.21. The molecule has 0 unspecified atom stereocenters. The Balaban J connectivity index is 2.01. The number of rotatable bonds is 2. The van der Waals surface area contributed by atoms with Gasteiger partial charge in [-0.3, -0.25) is 4.79 Å². The first-order valence-corrected chi connectivity index (χ1v) is 7.44. The molecule has 0 radical (unpaired) electrons. The van der Waals surface area contributed by atoms with E-state index in [2.05, 4.69) is 19.0 Å². The van der Waals surface area contributed by atoms with Crippen LogP contribution in [0.15, 0.2) is 12.1 Å². The number of anilines is 2. The predicted octanol–water partition coefficient (Wildman–Crippen LogP) is 2.94. The van der Waals surface area contributed by atoms with Crippen LogP contribution in [0.5, 0.6) is 0 Å². The van der Waals surface area contributed by atoms with Gasteiger partial charge in [0.2, 0.25) is 0 Å². The highest BCUT2D eigenvalue weighted by Gasteiger charge is 2.18. The maximum atomic E-state index is 12.3. The highest BCUT2D eigenvalue weighted by Crippen LogP contribution is 2.31. The summed E-state index contributed by atoms with van der Waals surface area (Å²) in [5.41, 5.74) is 7.90. The third-order valence-electron chi connectivity index (χ3n) is 2.63. The fraction of sp³-hybridized carbons (Fsp3) is 0.0909. The van der Waals surface area contributed by atoms with Crippen LogP contribution >= 0.6 is 34.7 Å². The summed E-state index contributed by atoms with van der Waals surface area (Å²) in [5, 5.41) is 3.52. The standard InChI is InChI=1S/C11H8ClN5OS2/c1-4-9(19-11(13)14-4)10(18)15-7-5(12)2-3-6-8(7)17-20-16-6/h2-3H,1H3,(H2,13,14)(H,15,18). The van der Waals surface area contributed by atoms with Crippen LogP contribution in [0.25, 0.3) is 11.0 Å². The van der Waals surface area contributed by atoms with Gasteiger partial charge in [0.25, 0.3) is 5.91 Å².